The molecule has 2 atom stereocenters. The Morgan fingerprint density at radius 2 is 1.42 bits per heavy atom. The summed E-state index contributed by atoms with van der Waals surface area (Å²) < 4.78 is 5.20. The molecular formula is C35H36N4O4. The number of carboxylic acids is 1. The number of hydrogen-bond donors (Lipinski definition) is 5. The van der Waals surface area contributed by atoms with E-state index in [1.807, 2.05) is 32.1 Å². The van der Waals surface area contributed by atoms with E-state index in [4.69, 9.17) is 4.74 Å². The minimum absolute atomic E-state index is 0.0126. The maximum Gasteiger partial charge on any atom is 0.332 e. The number of esters is 1. The topological polar surface area (TPSA) is 123 Å². The standard InChI is InChI=1S/C35H36N4O4/c1-9-21-20(6)27-14-30-23-11-10-22(33(40)41)32(34(42)43-8)35(23,7)31(39-30)15-28-19(5)18(4)25(37-28)12-24-16(2)17(3)26(36-24)13-29(21)38-27/h9-15,32,36-39H,1H2,2-8H3,(H,40,41). The van der Waals surface area contributed by atoms with Crippen molar-refractivity contribution in [2.45, 2.75) is 41.5 Å². The average molecular weight is 577 g/mol. The maximum absolute atomic E-state index is 13.3. The van der Waals surface area contributed by atoms with Crippen molar-refractivity contribution in [1.82, 2.24) is 20.3 Å². The molecule has 1 saturated heterocycles. The van der Waals surface area contributed by atoms with E-state index < -0.39 is 23.3 Å². The third-order valence-electron chi connectivity index (χ3n) is 9.69. The lowest BCUT2D eigenvalue weighted by Gasteiger charge is -2.36. The quantitative estimate of drug-likeness (QED) is 0.293. The van der Waals surface area contributed by atoms with Crippen LogP contribution in [-0.2, 0) is 14.3 Å². The molecular weight excluding hydrogens is 540 g/mol. The van der Waals surface area contributed by atoms with Gasteiger partial charge >= 0.3 is 11.9 Å². The van der Waals surface area contributed by atoms with Gasteiger partial charge in [-0.1, -0.05) is 24.8 Å². The number of hydrogen-bond acceptors (Lipinski definition) is 4. The summed E-state index contributed by atoms with van der Waals surface area (Å²) >= 11 is 0. The Bertz CT molecular complexity index is 2020. The van der Waals surface area contributed by atoms with Crippen LogP contribution in [0.1, 0.15) is 63.1 Å². The normalized spacial score (nSPS) is 20.4. The third-order valence-corrected chi connectivity index (χ3v) is 9.69. The van der Waals surface area contributed by atoms with Gasteiger partial charge < -0.3 is 30.1 Å². The van der Waals surface area contributed by atoms with E-state index in [0.29, 0.717) is 5.70 Å². The molecule has 1 fully saturated rings. The maximum atomic E-state index is 13.3. The van der Waals surface area contributed by atoms with Gasteiger partial charge in [-0.15, -0.1) is 0 Å². The second kappa shape index (κ2) is 9.80. The molecule has 2 unspecified atom stereocenters. The van der Waals surface area contributed by atoms with Crippen molar-refractivity contribution in [2.75, 3.05) is 7.11 Å². The van der Waals surface area contributed by atoms with Crippen molar-refractivity contribution in [2.24, 2.45) is 11.3 Å². The van der Waals surface area contributed by atoms with Crippen molar-refractivity contribution in [3.05, 3.63) is 108 Å². The molecule has 8 nitrogen and oxygen atoms in total. The third kappa shape index (κ3) is 4.04. The predicted octanol–water partition coefficient (Wildman–Crippen LogP) is 4.56. The van der Waals surface area contributed by atoms with E-state index in [2.05, 4.69) is 66.7 Å². The SMILES string of the molecule is C=Cc1c2[nH]c(c1C)C=C1NC(=Cc3[nH]c(c(C)c3C)C=c3[nH]c(c(C)c3C)=C2)C2(C)C1=CC=C(C(=O)O)C2C(=O)OC. The highest BCUT2D eigenvalue weighted by Gasteiger charge is 2.55. The minimum atomic E-state index is -1.15. The molecule has 0 spiro atoms. The van der Waals surface area contributed by atoms with Crippen LogP contribution in [0.5, 0.6) is 0 Å². The first-order valence-corrected chi connectivity index (χ1v) is 14.3. The molecule has 5 heterocycles. The fraction of sp³-hybridized carbons (Fsp3) is 0.257. The van der Waals surface area contributed by atoms with Gasteiger partial charge in [0.15, 0.2) is 0 Å². The molecule has 3 aromatic rings. The van der Waals surface area contributed by atoms with Crippen LogP contribution in [0.4, 0.5) is 0 Å². The zero-order chi connectivity index (χ0) is 31.0. The molecule has 0 aromatic carbocycles. The summed E-state index contributed by atoms with van der Waals surface area (Å²) in [5.74, 6) is -2.83. The number of aliphatic carboxylic acids is 1. The highest BCUT2D eigenvalue weighted by Crippen LogP contribution is 2.55. The zero-order valence-corrected chi connectivity index (χ0v) is 25.5. The molecule has 0 amide bonds. The lowest BCUT2D eigenvalue weighted by Crippen LogP contribution is -2.40. The Kier molecular flexibility index (Phi) is 6.41. The highest BCUT2D eigenvalue weighted by molar-refractivity contribution is 5.97. The average Bonchev–Trinajstić information content (AvgIpc) is 3.61. The molecule has 8 heteroatoms. The molecule has 0 radical (unpaired) electrons. The number of aromatic amines is 3. The van der Waals surface area contributed by atoms with Crippen molar-refractivity contribution >= 4 is 42.3 Å². The second-order valence-corrected chi connectivity index (χ2v) is 11.8. The van der Waals surface area contributed by atoms with Crippen molar-refractivity contribution in [1.29, 1.82) is 0 Å². The molecule has 1 aliphatic carbocycles. The number of carbonyl (C=O) groups is 2. The summed E-state index contributed by atoms with van der Waals surface area (Å²) in [6, 6.07) is 0. The summed E-state index contributed by atoms with van der Waals surface area (Å²) in [5.41, 5.74) is 11.3. The summed E-state index contributed by atoms with van der Waals surface area (Å²) in [6.07, 6.45) is 13.4. The number of aromatic nitrogens is 3. The Morgan fingerprint density at radius 1 is 0.837 bits per heavy atom. The van der Waals surface area contributed by atoms with Gasteiger partial charge in [-0.3, -0.25) is 4.79 Å². The number of carbonyl (C=O) groups excluding carboxylic acids is 1. The molecule has 5 N–H and O–H groups in total. The Hall–Kier alpha value is -4.98. The summed E-state index contributed by atoms with van der Waals surface area (Å²) in [6.45, 7) is 16.4. The number of H-pyrrole nitrogens is 3. The van der Waals surface area contributed by atoms with E-state index in [0.717, 1.165) is 72.6 Å². The number of allylic oxidation sites excluding steroid dienone is 4. The zero-order valence-electron chi connectivity index (χ0n) is 25.5. The number of rotatable bonds is 3. The number of nitrogens with one attached hydrogen (secondary N) is 4. The predicted molar refractivity (Wildman–Crippen MR) is 169 cm³/mol. The molecule has 3 aliphatic rings. The van der Waals surface area contributed by atoms with Crippen LogP contribution >= 0.6 is 0 Å². The van der Waals surface area contributed by atoms with Gasteiger partial charge in [0.25, 0.3) is 0 Å². The van der Waals surface area contributed by atoms with Crippen LogP contribution in [-0.4, -0.2) is 39.1 Å². The first-order chi connectivity index (χ1) is 20.4. The Labute approximate surface area is 250 Å². The van der Waals surface area contributed by atoms with Gasteiger partial charge in [0.05, 0.1) is 18.1 Å². The van der Waals surface area contributed by atoms with E-state index in [1.54, 1.807) is 6.08 Å². The second-order valence-electron chi connectivity index (χ2n) is 11.8. The van der Waals surface area contributed by atoms with Gasteiger partial charge in [0.2, 0.25) is 0 Å². The van der Waals surface area contributed by atoms with E-state index in [-0.39, 0.29) is 5.57 Å². The van der Waals surface area contributed by atoms with E-state index in [1.165, 1.54) is 18.7 Å². The van der Waals surface area contributed by atoms with Crippen molar-refractivity contribution < 1.29 is 19.4 Å². The summed E-state index contributed by atoms with van der Waals surface area (Å²) in [5, 5.41) is 15.7. The molecule has 8 bridgehead atoms. The largest absolute Gasteiger partial charge is 0.478 e. The highest BCUT2D eigenvalue weighted by atomic mass is 16.5. The summed E-state index contributed by atoms with van der Waals surface area (Å²) in [4.78, 5) is 36.5. The first-order valence-electron chi connectivity index (χ1n) is 14.3. The van der Waals surface area contributed by atoms with Gasteiger partial charge in [-0.25, -0.2) is 4.79 Å². The van der Waals surface area contributed by atoms with Gasteiger partial charge in [0.1, 0.15) is 5.92 Å². The molecule has 6 rings (SSSR count). The van der Waals surface area contributed by atoms with Crippen LogP contribution in [0, 0.1) is 46.0 Å². The first kappa shape index (κ1) is 28.2. The lowest BCUT2D eigenvalue weighted by molar-refractivity contribution is -0.149. The molecule has 3 aromatic heterocycles. The van der Waals surface area contributed by atoms with Gasteiger partial charge in [0, 0.05) is 50.4 Å². The minimum Gasteiger partial charge on any atom is -0.478 e. The summed E-state index contributed by atoms with van der Waals surface area (Å²) in [7, 11) is 1.29. The van der Waals surface area contributed by atoms with Crippen LogP contribution in [0.15, 0.2) is 41.3 Å². The monoisotopic (exact) mass is 576 g/mol. The van der Waals surface area contributed by atoms with Crippen molar-refractivity contribution in [3.8, 4) is 0 Å². The fourth-order valence-corrected chi connectivity index (χ4v) is 6.70. The van der Waals surface area contributed by atoms with Crippen molar-refractivity contribution in [3.63, 3.8) is 0 Å². The fourth-order valence-electron chi connectivity index (χ4n) is 6.70. The van der Waals surface area contributed by atoms with Crippen LogP contribution in [0.3, 0.4) is 0 Å². The lowest BCUT2D eigenvalue weighted by atomic mass is 9.64. The van der Waals surface area contributed by atoms with E-state index >= 15 is 0 Å². The molecule has 2 aliphatic heterocycles. The van der Waals surface area contributed by atoms with E-state index in [9.17, 15) is 14.7 Å². The molecule has 43 heavy (non-hydrogen) atoms. The Balaban J connectivity index is 1.73. The van der Waals surface area contributed by atoms with Gasteiger partial charge in [-0.2, -0.15) is 0 Å². The van der Waals surface area contributed by atoms with Gasteiger partial charge in [-0.05, 0) is 99.2 Å². The molecule has 220 valence electrons. The van der Waals surface area contributed by atoms with Crippen LogP contribution in [0.2, 0.25) is 0 Å². The Morgan fingerprint density at radius 3 is 2.02 bits per heavy atom. The van der Waals surface area contributed by atoms with Crippen LogP contribution < -0.4 is 16.0 Å². The number of carboxylic acid groups (broad SMARTS) is 1. The smallest absolute Gasteiger partial charge is 0.332 e. The number of fused-ring (bicyclic) bond motifs is 11. The molecule has 0 saturated carbocycles. The van der Waals surface area contributed by atoms with Crippen LogP contribution in [0.25, 0.3) is 30.4 Å². The number of methoxy groups -OCH3 is 1. The number of ether oxygens (including phenoxy) is 1.